The van der Waals surface area contributed by atoms with Crippen LogP contribution in [0.25, 0.3) is 0 Å². The van der Waals surface area contributed by atoms with E-state index in [2.05, 4.69) is 0 Å². The number of benzene rings is 1. The number of hydrogen-bond acceptors (Lipinski definition) is 5. The number of nitrogens with zero attached hydrogens (tertiary/aromatic N) is 2. The summed E-state index contributed by atoms with van der Waals surface area (Å²) >= 11 is 0. The normalized spacial score (nSPS) is 19.9. The van der Waals surface area contributed by atoms with Crippen molar-refractivity contribution in [3.8, 4) is 0 Å². The van der Waals surface area contributed by atoms with Crippen LogP contribution >= 0.6 is 0 Å². The molecule has 1 unspecified atom stereocenters. The Kier molecular flexibility index (Phi) is 4.80. The Hall–Kier alpha value is -2.74. The van der Waals surface area contributed by atoms with Crippen molar-refractivity contribution in [1.82, 2.24) is 9.80 Å². The van der Waals surface area contributed by atoms with Crippen molar-refractivity contribution < 1.29 is 29.0 Å². The van der Waals surface area contributed by atoms with Gasteiger partial charge in [0.05, 0.1) is 30.3 Å². The van der Waals surface area contributed by atoms with Crippen molar-refractivity contribution in [2.45, 2.75) is 18.9 Å². The molecule has 2 heterocycles. The van der Waals surface area contributed by atoms with Gasteiger partial charge in [-0.2, -0.15) is 0 Å². The van der Waals surface area contributed by atoms with E-state index in [0.29, 0.717) is 17.7 Å². The van der Waals surface area contributed by atoms with Gasteiger partial charge < -0.3 is 14.7 Å². The minimum absolute atomic E-state index is 0.00522. The Morgan fingerprint density at radius 2 is 1.80 bits per heavy atom. The maximum absolute atomic E-state index is 12.3. The highest BCUT2D eigenvalue weighted by Gasteiger charge is 2.35. The molecule has 1 fully saturated rings. The number of morpholine rings is 1. The van der Waals surface area contributed by atoms with Gasteiger partial charge in [-0.25, -0.2) is 0 Å². The van der Waals surface area contributed by atoms with Crippen molar-refractivity contribution in [1.29, 1.82) is 0 Å². The van der Waals surface area contributed by atoms with Crippen LogP contribution in [0.4, 0.5) is 0 Å². The van der Waals surface area contributed by atoms with Gasteiger partial charge in [-0.1, -0.05) is 12.1 Å². The number of hydrogen-bond donors (Lipinski definition) is 1. The fourth-order valence-corrected chi connectivity index (χ4v) is 3.07. The van der Waals surface area contributed by atoms with E-state index in [9.17, 15) is 19.2 Å². The van der Waals surface area contributed by atoms with E-state index in [1.54, 1.807) is 24.3 Å². The summed E-state index contributed by atoms with van der Waals surface area (Å²) < 4.78 is 5.33. The molecule has 25 heavy (non-hydrogen) atoms. The molecular weight excluding hydrogens is 328 g/mol. The van der Waals surface area contributed by atoms with Gasteiger partial charge >= 0.3 is 5.97 Å². The van der Waals surface area contributed by atoms with Gasteiger partial charge in [0.1, 0.15) is 0 Å². The van der Waals surface area contributed by atoms with Crippen molar-refractivity contribution in [3.63, 3.8) is 0 Å². The molecule has 0 bridgehead atoms. The van der Waals surface area contributed by atoms with E-state index in [4.69, 9.17) is 9.84 Å². The number of amides is 3. The fourth-order valence-electron chi connectivity index (χ4n) is 3.07. The lowest BCUT2D eigenvalue weighted by Crippen LogP contribution is -2.47. The second-order valence-electron chi connectivity index (χ2n) is 5.99. The average molecular weight is 346 g/mol. The van der Waals surface area contributed by atoms with Crippen LogP contribution in [-0.4, -0.2) is 70.9 Å². The minimum atomic E-state index is -0.981. The molecule has 2 aliphatic heterocycles. The molecular formula is C17H18N2O6. The van der Waals surface area contributed by atoms with E-state index in [0.717, 1.165) is 4.90 Å². The van der Waals surface area contributed by atoms with E-state index in [1.807, 2.05) is 0 Å². The first-order chi connectivity index (χ1) is 12.0. The summed E-state index contributed by atoms with van der Waals surface area (Å²) in [6.07, 6.45) is -0.692. The Morgan fingerprint density at radius 3 is 2.40 bits per heavy atom. The highest BCUT2D eigenvalue weighted by Crippen LogP contribution is 2.22. The number of carboxylic acid groups (broad SMARTS) is 1. The number of imide groups is 1. The van der Waals surface area contributed by atoms with Crippen LogP contribution in [0.1, 0.15) is 33.6 Å². The smallest absolute Gasteiger partial charge is 0.306 e. The molecule has 8 nitrogen and oxygen atoms in total. The molecule has 1 atom stereocenters. The molecule has 1 saturated heterocycles. The zero-order valence-electron chi connectivity index (χ0n) is 13.5. The molecule has 0 aromatic heterocycles. The summed E-state index contributed by atoms with van der Waals surface area (Å²) in [5.74, 6) is -1.99. The standard InChI is InChI=1S/C17H18N2O6/c20-14(18-7-8-25-11(10-18)9-15(21)22)5-6-19-16(23)12-3-1-2-4-13(12)17(19)24/h1-4,11H,5-10H2,(H,21,22). The molecule has 0 radical (unpaired) electrons. The second kappa shape index (κ2) is 7.02. The molecule has 8 heteroatoms. The number of carbonyl (C=O) groups is 4. The summed E-state index contributed by atoms with van der Waals surface area (Å²) in [7, 11) is 0. The van der Waals surface area contributed by atoms with Crippen LogP contribution in [0, 0.1) is 0 Å². The molecule has 3 rings (SSSR count). The van der Waals surface area contributed by atoms with Crippen LogP contribution < -0.4 is 0 Å². The Morgan fingerprint density at radius 1 is 1.16 bits per heavy atom. The third-order valence-corrected chi connectivity index (χ3v) is 4.32. The number of fused-ring (bicyclic) bond motifs is 1. The number of carboxylic acids is 1. The molecule has 3 amide bonds. The topological polar surface area (TPSA) is 104 Å². The van der Waals surface area contributed by atoms with Crippen molar-refractivity contribution in [3.05, 3.63) is 35.4 Å². The molecule has 132 valence electrons. The monoisotopic (exact) mass is 346 g/mol. The Bertz CT molecular complexity index is 697. The van der Waals surface area contributed by atoms with Crippen LogP contribution in [0.5, 0.6) is 0 Å². The molecule has 0 spiro atoms. The van der Waals surface area contributed by atoms with Gasteiger partial charge in [0.2, 0.25) is 5.91 Å². The summed E-state index contributed by atoms with van der Waals surface area (Å²) in [5, 5.41) is 8.82. The van der Waals surface area contributed by atoms with Gasteiger partial charge in [-0.15, -0.1) is 0 Å². The SMILES string of the molecule is O=C(O)CC1CN(C(=O)CCN2C(=O)c3ccccc3C2=O)CCO1. The molecule has 1 aromatic rings. The van der Waals surface area contributed by atoms with Crippen LogP contribution in [-0.2, 0) is 14.3 Å². The van der Waals surface area contributed by atoms with E-state index in [1.165, 1.54) is 4.90 Å². The zero-order chi connectivity index (χ0) is 18.0. The highest BCUT2D eigenvalue weighted by atomic mass is 16.5. The van der Waals surface area contributed by atoms with Crippen LogP contribution in [0.15, 0.2) is 24.3 Å². The number of rotatable bonds is 5. The molecule has 2 aliphatic rings. The van der Waals surface area contributed by atoms with E-state index >= 15 is 0 Å². The Balaban J connectivity index is 1.57. The van der Waals surface area contributed by atoms with Crippen molar-refractivity contribution in [2.24, 2.45) is 0 Å². The second-order valence-corrected chi connectivity index (χ2v) is 5.99. The van der Waals surface area contributed by atoms with Crippen molar-refractivity contribution >= 4 is 23.7 Å². The van der Waals surface area contributed by atoms with Gasteiger partial charge in [0, 0.05) is 26.1 Å². The third kappa shape index (κ3) is 3.53. The van der Waals surface area contributed by atoms with E-state index < -0.39 is 12.1 Å². The summed E-state index contributed by atoms with van der Waals surface area (Å²) in [4.78, 5) is 50.2. The zero-order valence-corrected chi connectivity index (χ0v) is 13.5. The molecule has 1 aromatic carbocycles. The molecule has 0 saturated carbocycles. The van der Waals surface area contributed by atoms with Gasteiger partial charge in [0.15, 0.2) is 0 Å². The lowest BCUT2D eigenvalue weighted by molar-refractivity contribution is -0.147. The predicted octanol–water partition coefficient (Wildman–Crippen LogP) is 0.375. The summed E-state index contributed by atoms with van der Waals surface area (Å²) in [6.45, 7) is 0.854. The third-order valence-electron chi connectivity index (χ3n) is 4.32. The Labute approximate surface area is 144 Å². The lowest BCUT2D eigenvalue weighted by atomic mass is 10.1. The first kappa shape index (κ1) is 17.1. The van der Waals surface area contributed by atoms with Gasteiger partial charge in [0.25, 0.3) is 11.8 Å². The maximum Gasteiger partial charge on any atom is 0.306 e. The average Bonchev–Trinajstić information content (AvgIpc) is 2.84. The van der Waals surface area contributed by atoms with E-state index in [-0.39, 0.29) is 50.3 Å². The van der Waals surface area contributed by atoms with Crippen LogP contribution in [0.3, 0.4) is 0 Å². The number of carbonyl (C=O) groups excluding carboxylic acids is 3. The predicted molar refractivity (Wildman–Crippen MR) is 85.0 cm³/mol. The van der Waals surface area contributed by atoms with Crippen LogP contribution in [0.2, 0.25) is 0 Å². The molecule has 1 N–H and O–H groups in total. The fraction of sp³-hybridized carbons (Fsp3) is 0.412. The lowest BCUT2D eigenvalue weighted by Gasteiger charge is -2.32. The van der Waals surface area contributed by atoms with Crippen molar-refractivity contribution in [2.75, 3.05) is 26.2 Å². The summed E-state index contributed by atoms with van der Waals surface area (Å²) in [5.41, 5.74) is 0.709. The number of aliphatic carboxylic acids is 1. The minimum Gasteiger partial charge on any atom is -0.481 e. The number of ether oxygens (including phenoxy) is 1. The summed E-state index contributed by atoms with van der Waals surface area (Å²) in [6, 6.07) is 6.57. The quantitative estimate of drug-likeness (QED) is 0.773. The highest BCUT2D eigenvalue weighted by molar-refractivity contribution is 6.21. The molecule has 0 aliphatic carbocycles. The van der Waals surface area contributed by atoms with Gasteiger partial charge in [-0.05, 0) is 12.1 Å². The first-order valence-corrected chi connectivity index (χ1v) is 8.03. The maximum atomic E-state index is 12.3. The first-order valence-electron chi connectivity index (χ1n) is 8.03. The largest absolute Gasteiger partial charge is 0.481 e. The van der Waals surface area contributed by atoms with Gasteiger partial charge in [-0.3, -0.25) is 24.1 Å².